The second-order valence-electron chi connectivity index (χ2n) is 8.45. The Morgan fingerprint density at radius 1 is 0.938 bits per heavy atom. The first-order valence-electron chi connectivity index (χ1n) is 11.1. The van der Waals surface area contributed by atoms with E-state index < -0.39 is 0 Å². The molecule has 2 aliphatic rings. The van der Waals surface area contributed by atoms with Crippen LogP contribution in [0.1, 0.15) is 67.9 Å². The fraction of sp³-hybridized carbons (Fsp3) is 0.400. The van der Waals surface area contributed by atoms with E-state index in [1.807, 2.05) is 31.2 Å². The number of benzene rings is 2. The number of piperidine rings is 1. The first-order valence-corrected chi connectivity index (χ1v) is 11.1. The monoisotopic (exact) mass is 455 g/mol. The molecule has 170 valence electrons. The maximum Gasteiger partial charge on any atom is 0.261 e. The van der Waals surface area contributed by atoms with E-state index in [0.717, 1.165) is 37.2 Å². The van der Waals surface area contributed by atoms with Gasteiger partial charge in [-0.25, -0.2) is 0 Å². The van der Waals surface area contributed by atoms with Crippen molar-refractivity contribution in [2.75, 3.05) is 26.2 Å². The van der Waals surface area contributed by atoms with Crippen LogP contribution in [-0.2, 0) is 6.54 Å². The van der Waals surface area contributed by atoms with Gasteiger partial charge in [0.15, 0.2) is 0 Å². The molecule has 0 saturated carbocycles. The number of hydrogen-bond donors (Lipinski definition) is 1. The normalized spacial score (nSPS) is 16.0. The van der Waals surface area contributed by atoms with Crippen LogP contribution in [0, 0.1) is 6.92 Å². The Morgan fingerprint density at radius 2 is 1.62 bits per heavy atom. The SMILES string of the molecule is Cc1ccc(CN2C(=O)c3ccc(C(=O)NCCCN4CCCCC4)cc3C2=O)cc1.Cl. The average molecular weight is 456 g/mol. The van der Waals surface area contributed by atoms with Gasteiger partial charge < -0.3 is 10.2 Å². The molecule has 1 N–H and O–H groups in total. The van der Waals surface area contributed by atoms with Gasteiger partial charge in [0, 0.05) is 12.1 Å². The topological polar surface area (TPSA) is 69.7 Å². The van der Waals surface area contributed by atoms with E-state index in [-0.39, 0.29) is 36.7 Å². The number of carbonyl (C=O) groups is 3. The summed E-state index contributed by atoms with van der Waals surface area (Å²) in [6.45, 7) is 6.10. The molecule has 0 spiro atoms. The Morgan fingerprint density at radius 3 is 2.34 bits per heavy atom. The molecule has 0 bridgehead atoms. The molecule has 0 radical (unpaired) electrons. The number of nitrogens with one attached hydrogen (secondary N) is 1. The standard InChI is InChI=1S/C25H29N3O3.ClH/c1-18-6-8-19(9-7-18)17-28-24(30)21-11-10-20(16-22(21)25(28)31)23(29)26-12-5-15-27-13-3-2-4-14-27;/h6-11,16H,2-5,12-15,17H2,1H3,(H,26,29);1H. The molecule has 2 heterocycles. The molecule has 2 aliphatic heterocycles. The average Bonchev–Trinajstić information content (AvgIpc) is 3.03. The van der Waals surface area contributed by atoms with Gasteiger partial charge in [-0.15, -0.1) is 12.4 Å². The van der Waals surface area contributed by atoms with Crippen LogP contribution >= 0.6 is 12.4 Å². The van der Waals surface area contributed by atoms with Crippen molar-refractivity contribution in [3.8, 4) is 0 Å². The van der Waals surface area contributed by atoms with Crippen molar-refractivity contribution in [1.82, 2.24) is 15.1 Å². The van der Waals surface area contributed by atoms with Crippen molar-refractivity contribution in [3.05, 3.63) is 70.3 Å². The van der Waals surface area contributed by atoms with E-state index in [2.05, 4.69) is 10.2 Å². The Bertz CT molecular complexity index is 984. The fourth-order valence-corrected chi connectivity index (χ4v) is 4.24. The molecular formula is C25H30ClN3O3. The lowest BCUT2D eigenvalue weighted by molar-refractivity contribution is 0.0642. The van der Waals surface area contributed by atoms with Gasteiger partial charge in [-0.2, -0.15) is 0 Å². The van der Waals surface area contributed by atoms with Crippen LogP contribution < -0.4 is 5.32 Å². The van der Waals surface area contributed by atoms with E-state index in [4.69, 9.17) is 0 Å². The lowest BCUT2D eigenvalue weighted by atomic mass is 10.1. The fourth-order valence-electron chi connectivity index (χ4n) is 4.24. The van der Waals surface area contributed by atoms with Crippen molar-refractivity contribution in [1.29, 1.82) is 0 Å². The Kier molecular flexibility index (Phi) is 8.04. The molecule has 1 saturated heterocycles. The van der Waals surface area contributed by atoms with Crippen LogP contribution in [0.4, 0.5) is 0 Å². The van der Waals surface area contributed by atoms with Crippen LogP contribution in [0.15, 0.2) is 42.5 Å². The quantitative estimate of drug-likeness (QED) is 0.509. The molecule has 3 amide bonds. The summed E-state index contributed by atoms with van der Waals surface area (Å²) in [5.74, 6) is -0.868. The molecule has 32 heavy (non-hydrogen) atoms. The Labute approximate surface area is 195 Å². The number of hydrogen-bond acceptors (Lipinski definition) is 4. The van der Waals surface area contributed by atoms with Crippen LogP contribution in [0.25, 0.3) is 0 Å². The number of amides is 3. The highest BCUT2D eigenvalue weighted by atomic mass is 35.5. The molecule has 0 aromatic heterocycles. The zero-order chi connectivity index (χ0) is 21.8. The predicted molar refractivity (Wildman–Crippen MR) is 126 cm³/mol. The van der Waals surface area contributed by atoms with Gasteiger partial charge in [-0.05, 0) is 69.6 Å². The third-order valence-electron chi connectivity index (χ3n) is 6.08. The first kappa shape index (κ1) is 24.0. The molecule has 0 aliphatic carbocycles. The number of likely N-dealkylation sites (tertiary alicyclic amines) is 1. The van der Waals surface area contributed by atoms with Crippen LogP contribution in [0.2, 0.25) is 0 Å². The van der Waals surface area contributed by atoms with Gasteiger partial charge in [-0.1, -0.05) is 36.2 Å². The predicted octanol–water partition coefficient (Wildman–Crippen LogP) is 3.82. The number of halogens is 1. The molecule has 0 atom stereocenters. The largest absolute Gasteiger partial charge is 0.352 e. The summed E-state index contributed by atoms with van der Waals surface area (Å²) in [7, 11) is 0. The maximum absolute atomic E-state index is 12.9. The number of fused-ring (bicyclic) bond motifs is 1. The zero-order valence-corrected chi connectivity index (χ0v) is 19.2. The molecule has 0 unspecified atom stereocenters. The van der Waals surface area contributed by atoms with Crippen LogP contribution in [-0.4, -0.2) is 53.7 Å². The van der Waals surface area contributed by atoms with Crippen LogP contribution in [0.5, 0.6) is 0 Å². The lowest BCUT2D eigenvalue weighted by Gasteiger charge is -2.26. The Balaban J connectivity index is 0.00000289. The zero-order valence-electron chi connectivity index (χ0n) is 18.4. The van der Waals surface area contributed by atoms with Crippen molar-refractivity contribution in [2.45, 2.75) is 39.2 Å². The number of nitrogens with zero attached hydrogens (tertiary/aromatic N) is 2. The minimum Gasteiger partial charge on any atom is -0.352 e. The minimum atomic E-state index is -0.347. The Hall–Kier alpha value is -2.70. The van der Waals surface area contributed by atoms with Crippen molar-refractivity contribution < 1.29 is 14.4 Å². The molecular weight excluding hydrogens is 426 g/mol. The third-order valence-corrected chi connectivity index (χ3v) is 6.08. The molecule has 7 heteroatoms. The number of rotatable bonds is 7. The number of aryl methyl sites for hydroxylation is 1. The van der Waals surface area contributed by atoms with Crippen molar-refractivity contribution >= 4 is 30.1 Å². The maximum atomic E-state index is 12.9. The van der Waals surface area contributed by atoms with Crippen molar-refractivity contribution in [3.63, 3.8) is 0 Å². The molecule has 6 nitrogen and oxygen atoms in total. The number of imide groups is 1. The van der Waals surface area contributed by atoms with Gasteiger partial charge >= 0.3 is 0 Å². The van der Waals surface area contributed by atoms with Crippen molar-refractivity contribution in [2.24, 2.45) is 0 Å². The summed E-state index contributed by atoms with van der Waals surface area (Å²) < 4.78 is 0. The second-order valence-corrected chi connectivity index (χ2v) is 8.45. The molecule has 4 rings (SSSR count). The smallest absolute Gasteiger partial charge is 0.261 e. The summed E-state index contributed by atoms with van der Waals surface area (Å²) in [5, 5.41) is 2.94. The number of carbonyl (C=O) groups excluding carboxylic acids is 3. The minimum absolute atomic E-state index is 0. The van der Waals surface area contributed by atoms with Gasteiger partial charge in [0.1, 0.15) is 0 Å². The second kappa shape index (κ2) is 10.7. The molecule has 2 aromatic rings. The van der Waals surface area contributed by atoms with E-state index in [0.29, 0.717) is 23.2 Å². The van der Waals surface area contributed by atoms with Gasteiger partial charge in [0.05, 0.1) is 17.7 Å². The highest BCUT2D eigenvalue weighted by molar-refractivity contribution is 6.22. The van der Waals surface area contributed by atoms with Gasteiger partial charge in [0.25, 0.3) is 17.7 Å². The summed E-state index contributed by atoms with van der Waals surface area (Å²) in [6, 6.07) is 12.5. The highest BCUT2D eigenvalue weighted by Gasteiger charge is 2.36. The lowest BCUT2D eigenvalue weighted by Crippen LogP contribution is -2.33. The first-order chi connectivity index (χ1) is 15.0. The van der Waals surface area contributed by atoms with Gasteiger partial charge in [-0.3, -0.25) is 19.3 Å². The van der Waals surface area contributed by atoms with E-state index in [1.165, 1.54) is 24.2 Å². The van der Waals surface area contributed by atoms with E-state index in [1.54, 1.807) is 18.2 Å². The highest BCUT2D eigenvalue weighted by Crippen LogP contribution is 2.26. The summed E-state index contributed by atoms with van der Waals surface area (Å²) in [6.07, 6.45) is 4.73. The van der Waals surface area contributed by atoms with Crippen LogP contribution in [0.3, 0.4) is 0 Å². The summed E-state index contributed by atoms with van der Waals surface area (Å²) >= 11 is 0. The molecule has 1 fully saturated rings. The van der Waals surface area contributed by atoms with Gasteiger partial charge in [0.2, 0.25) is 0 Å². The third kappa shape index (κ3) is 5.37. The summed E-state index contributed by atoms with van der Waals surface area (Å²) in [5.41, 5.74) is 3.09. The molecule has 2 aromatic carbocycles. The summed E-state index contributed by atoms with van der Waals surface area (Å²) in [4.78, 5) is 41.8. The van der Waals surface area contributed by atoms with E-state index >= 15 is 0 Å². The van der Waals surface area contributed by atoms with E-state index in [9.17, 15) is 14.4 Å².